The number of nitrogens with zero attached hydrogens (tertiary/aromatic N) is 1. The molecule has 0 saturated carbocycles. The van der Waals surface area contributed by atoms with E-state index >= 15 is 0 Å². The predicted octanol–water partition coefficient (Wildman–Crippen LogP) is 2.70. The molecule has 1 saturated heterocycles. The molecular formula is C21H25N3O5S. The predicted molar refractivity (Wildman–Crippen MR) is 114 cm³/mol. The topological polar surface area (TPSA) is 105 Å². The molecule has 1 aliphatic heterocycles. The average molecular weight is 432 g/mol. The van der Waals surface area contributed by atoms with Crippen molar-refractivity contribution >= 4 is 33.2 Å². The van der Waals surface area contributed by atoms with Gasteiger partial charge in [0.2, 0.25) is 15.9 Å². The zero-order valence-electron chi connectivity index (χ0n) is 17.1. The first kappa shape index (κ1) is 21.9. The van der Waals surface area contributed by atoms with Crippen LogP contribution in [0.25, 0.3) is 0 Å². The lowest BCUT2D eigenvalue weighted by molar-refractivity contribution is -0.114. The molecule has 0 spiro atoms. The summed E-state index contributed by atoms with van der Waals surface area (Å²) in [7, 11) is -3.64. The van der Waals surface area contributed by atoms with Gasteiger partial charge >= 0.3 is 0 Å². The number of morpholine rings is 1. The molecular weight excluding hydrogens is 406 g/mol. The highest BCUT2D eigenvalue weighted by Gasteiger charge is 2.32. The molecule has 2 atom stereocenters. The second-order valence-corrected chi connectivity index (χ2v) is 9.26. The van der Waals surface area contributed by atoms with Gasteiger partial charge in [-0.2, -0.15) is 4.31 Å². The molecule has 0 aliphatic carbocycles. The van der Waals surface area contributed by atoms with Gasteiger partial charge in [-0.15, -0.1) is 0 Å². The van der Waals surface area contributed by atoms with E-state index in [-0.39, 0.29) is 28.9 Å². The summed E-state index contributed by atoms with van der Waals surface area (Å²) in [5, 5.41) is 5.36. The van der Waals surface area contributed by atoms with E-state index in [1.807, 2.05) is 13.8 Å². The molecule has 0 bridgehead atoms. The minimum Gasteiger partial charge on any atom is -0.373 e. The number of sulfonamides is 1. The molecule has 0 aromatic heterocycles. The van der Waals surface area contributed by atoms with Gasteiger partial charge in [0.1, 0.15) is 0 Å². The smallest absolute Gasteiger partial charge is 0.255 e. The van der Waals surface area contributed by atoms with Crippen LogP contribution in [0.2, 0.25) is 0 Å². The Balaban J connectivity index is 1.71. The quantitative estimate of drug-likeness (QED) is 0.757. The Morgan fingerprint density at radius 3 is 2.20 bits per heavy atom. The van der Waals surface area contributed by atoms with Crippen molar-refractivity contribution in [3.05, 3.63) is 54.1 Å². The number of carbonyl (C=O) groups excluding carboxylic acids is 2. The molecule has 2 N–H and O–H groups in total. The van der Waals surface area contributed by atoms with E-state index in [0.717, 1.165) is 0 Å². The fourth-order valence-electron chi connectivity index (χ4n) is 3.33. The number of nitrogens with one attached hydrogen (secondary N) is 2. The van der Waals surface area contributed by atoms with Crippen molar-refractivity contribution in [2.45, 2.75) is 37.9 Å². The fraction of sp³-hybridized carbons (Fsp3) is 0.333. The third-order valence-corrected chi connectivity index (χ3v) is 6.43. The van der Waals surface area contributed by atoms with Gasteiger partial charge < -0.3 is 15.4 Å². The molecule has 9 heteroatoms. The number of rotatable bonds is 5. The molecule has 2 unspecified atom stereocenters. The molecule has 160 valence electrons. The van der Waals surface area contributed by atoms with E-state index in [2.05, 4.69) is 10.6 Å². The molecule has 1 heterocycles. The summed E-state index contributed by atoms with van der Waals surface area (Å²) < 4.78 is 32.8. The highest BCUT2D eigenvalue weighted by molar-refractivity contribution is 7.89. The van der Waals surface area contributed by atoms with Crippen LogP contribution in [0.3, 0.4) is 0 Å². The van der Waals surface area contributed by atoms with Crippen molar-refractivity contribution in [2.75, 3.05) is 23.7 Å². The van der Waals surface area contributed by atoms with Gasteiger partial charge in [0, 0.05) is 37.0 Å². The largest absolute Gasteiger partial charge is 0.373 e. The molecule has 0 radical (unpaired) electrons. The van der Waals surface area contributed by atoms with Crippen molar-refractivity contribution in [1.82, 2.24) is 4.31 Å². The lowest BCUT2D eigenvalue weighted by Crippen LogP contribution is -2.48. The standard InChI is InChI=1S/C21H25N3O5S/c1-14-12-24(13-15(2)29-14)30(27,28)20-9-7-18(8-10-20)23-21(26)17-5-4-6-19(11-17)22-16(3)25/h4-11,14-15H,12-13H2,1-3H3,(H,22,25)(H,23,26). The molecule has 2 amide bonds. The Bertz CT molecular complexity index is 1030. The normalized spacial score (nSPS) is 19.8. The van der Waals surface area contributed by atoms with E-state index < -0.39 is 10.0 Å². The Labute approximate surface area is 176 Å². The number of carbonyl (C=O) groups is 2. The SMILES string of the molecule is CC(=O)Nc1cccc(C(=O)Nc2ccc(S(=O)(=O)N3CC(C)OC(C)C3)cc2)c1. The first-order valence-corrected chi connectivity index (χ1v) is 11.0. The van der Waals surface area contributed by atoms with Crippen LogP contribution in [-0.4, -0.2) is 49.8 Å². The van der Waals surface area contributed by atoms with Crippen LogP contribution in [0.15, 0.2) is 53.4 Å². The van der Waals surface area contributed by atoms with E-state index in [1.165, 1.54) is 23.4 Å². The number of ether oxygens (including phenoxy) is 1. The molecule has 2 aromatic carbocycles. The first-order valence-electron chi connectivity index (χ1n) is 9.60. The molecule has 1 aliphatic rings. The van der Waals surface area contributed by atoms with Gasteiger partial charge in [-0.25, -0.2) is 8.42 Å². The van der Waals surface area contributed by atoms with Crippen LogP contribution >= 0.6 is 0 Å². The third-order valence-electron chi connectivity index (χ3n) is 4.58. The van der Waals surface area contributed by atoms with E-state index in [0.29, 0.717) is 30.0 Å². The van der Waals surface area contributed by atoms with Crippen LogP contribution in [0.1, 0.15) is 31.1 Å². The summed E-state index contributed by atoms with van der Waals surface area (Å²) in [6.07, 6.45) is -0.342. The molecule has 2 aromatic rings. The fourth-order valence-corrected chi connectivity index (χ4v) is 4.92. The van der Waals surface area contributed by atoms with E-state index in [1.54, 1.807) is 36.4 Å². The minimum absolute atomic E-state index is 0.162. The van der Waals surface area contributed by atoms with Gasteiger partial charge in [0.25, 0.3) is 5.91 Å². The summed E-state index contributed by atoms with van der Waals surface area (Å²) >= 11 is 0. The number of hydrogen-bond donors (Lipinski definition) is 2. The summed E-state index contributed by atoms with van der Waals surface area (Å²) in [5.74, 6) is -0.595. The van der Waals surface area contributed by atoms with Crippen molar-refractivity contribution in [1.29, 1.82) is 0 Å². The molecule has 3 rings (SSSR count). The van der Waals surface area contributed by atoms with Gasteiger partial charge in [0.05, 0.1) is 17.1 Å². The van der Waals surface area contributed by atoms with Gasteiger partial charge in [0.15, 0.2) is 0 Å². The monoisotopic (exact) mass is 431 g/mol. The van der Waals surface area contributed by atoms with Crippen LogP contribution in [0.4, 0.5) is 11.4 Å². The lowest BCUT2D eigenvalue weighted by Gasteiger charge is -2.34. The van der Waals surface area contributed by atoms with Crippen molar-refractivity contribution in [3.63, 3.8) is 0 Å². The zero-order valence-corrected chi connectivity index (χ0v) is 17.9. The maximum atomic E-state index is 12.9. The number of anilines is 2. The second-order valence-electron chi connectivity index (χ2n) is 7.32. The van der Waals surface area contributed by atoms with Crippen LogP contribution in [-0.2, 0) is 19.6 Å². The molecule has 30 heavy (non-hydrogen) atoms. The lowest BCUT2D eigenvalue weighted by atomic mass is 10.2. The summed E-state index contributed by atoms with van der Waals surface area (Å²) in [5.41, 5.74) is 1.35. The van der Waals surface area contributed by atoms with Gasteiger partial charge in [-0.1, -0.05) is 6.07 Å². The number of amides is 2. The summed E-state index contributed by atoms with van der Waals surface area (Å²) in [4.78, 5) is 23.8. The first-order chi connectivity index (χ1) is 14.1. The second kappa shape index (κ2) is 8.95. The minimum atomic E-state index is -3.64. The van der Waals surface area contributed by atoms with Crippen LogP contribution in [0.5, 0.6) is 0 Å². The average Bonchev–Trinajstić information content (AvgIpc) is 2.67. The summed E-state index contributed by atoms with van der Waals surface area (Å²) in [6.45, 7) is 5.68. The zero-order chi connectivity index (χ0) is 21.9. The highest BCUT2D eigenvalue weighted by atomic mass is 32.2. The molecule has 8 nitrogen and oxygen atoms in total. The number of benzene rings is 2. The highest BCUT2D eigenvalue weighted by Crippen LogP contribution is 2.23. The number of hydrogen-bond acceptors (Lipinski definition) is 5. The Morgan fingerprint density at radius 2 is 1.60 bits per heavy atom. The van der Waals surface area contributed by atoms with E-state index in [4.69, 9.17) is 4.74 Å². The van der Waals surface area contributed by atoms with Gasteiger partial charge in [-0.3, -0.25) is 9.59 Å². The molecule has 1 fully saturated rings. The Kier molecular flexibility index (Phi) is 6.55. The van der Waals surface area contributed by atoms with Crippen molar-refractivity contribution in [3.8, 4) is 0 Å². The van der Waals surface area contributed by atoms with E-state index in [9.17, 15) is 18.0 Å². The summed E-state index contributed by atoms with van der Waals surface area (Å²) in [6, 6.07) is 12.6. The van der Waals surface area contributed by atoms with Crippen LogP contribution in [0, 0.1) is 0 Å². The third kappa shape index (κ3) is 5.24. The van der Waals surface area contributed by atoms with Crippen molar-refractivity contribution in [2.24, 2.45) is 0 Å². The van der Waals surface area contributed by atoms with Crippen LogP contribution < -0.4 is 10.6 Å². The Hall–Kier alpha value is -2.75. The van der Waals surface area contributed by atoms with Crippen molar-refractivity contribution < 1.29 is 22.7 Å². The maximum absolute atomic E-state index is 12.9. The maximum Gasteiger partial charge on any atom is 0.255 e. The Morgan fingerprint density at radius 1 is 0.967 bits per heavy atom. The van der Waals surface area contributed by atoms with Gasteiger partial charge in [-0.05, 0) is 56.3 Å².